The van der Waals surface area contributed by atoms with Crippen LogP contribution in [0, 0.1) is 12.7 Å². The van der Waals surface area contributed by atoms with E-state index in [-0.39, 0.29) is 18.9 Å². The molecule has 0 aliphatic heterocycles. The molecular formula is C15H14BrF4N3OS. The van der Waals surface area contributed by atoms with Crippen molar-refractivity contribution in [3.8, 4) is 0 Å². The number of aryl methyl sites for hydroxylation is 1. The van der Waals surface area contributed by atoms with Gasteiger partial charge in [0.15, 0.2) is 0 Å². The maximum absolute atomic E-state index is 13.0. The van der Waals surface area contributed by atoms with Crippen LogP contribution in [0.25, 0.3) is 0 Å². The predicted molar refractivity (Wildman–Crippen MR) is 89.2 cm³/mol. The Labute approximate surface area is 154 Å². The lowest BCUT2D eigenvalue weighted by Gasteiger charge is -2.10. The standard InChI is InChI=1S/C15H14BrF4N3OS/c1-9-13(25-11-4-2-10(17)3-5-11)12(8-16)23(22-9)7-6-21-14(24)15(18,19)20/h2-5H,6-8H2,1H3,(H,21,24). The Bertz CT molecular complexity index is 746. The van der Waals surface area contributed by atoms with E-state index in [1.807, 2.05) is 5.32 Å². The summed E-state index contributed by atoms with van der Waals surface area (Å²) in [5.41, 5.74) is 1.47. The molecule has 0 unspecified atom stereocenters. The van der Waals surface area contributed by atoms with Crippen LogP contribution in [0.3, 0.4) is 0 Å². The van der Waals surface area contributed by atoms with Crippen LogP contribution in [-0.2, 0) is 16.7 Å². The summed E-state index contributed by atoms with van der Waals surface area (Å²) in [6.45, 7) is 1.69. The third-order valence-corrected chi connectivity index (χ3v) is 4.97. The first-order chi connectivity index (χ1) is 11.7. The summed E-state index contributed by atoms with van der Waals surface area (Å²) in [6.07, 6.45) is -4.90. The van der Waals surface area contributed by atoms with Crippen molar-refractivity contribution >= 4 is 33.6 Å². The van der Waals surface area contributed by atoms with E-state index in [0.29, 0.717) is 11.0 Å². The summed E-state index contributed by atoms with van der Waals surface area (Å²) in [6, 6.07) is 5.97. The van der Waals surface area contributed by atoms with E-state index in [2.05, 4.69) is 21.0 Å². The minimum absolute atomic E-state index is 0.105. The van der Waals surface area contributed by atoms with Gasteiger partial charge in [-0.2, -0.15) is 18.3 Å². The molecule has 0 aliphatic rings. The lowest BCUT2D eigenvalue weighted by Crippen LogP contribution is -2.38. The highest BCUT2D eigenvalue weighted by molar-refractivity contribution is 9.08. The van der Waals surface area contributed by atoms with E-state index in [9.17, 15) is 22.4 Å². The van der Waals surface area contributed by atoms with Crippen LogP contribution in [0.5, 0.6) is 0 Å². The molecule has 136 valence electrons. The van der Waals surface area contributed by atoms with E-state index in [4.69, 9.17) is 0 Å². The zero-order valence-corrected chi connectivity index (χ0v) is 15.4. The zero-order valence-electron chi connectivity index (χ0n) is 13.0. The van der Waals surface area contributed by atoms with Crippen molar-refractivity contribution in [2.75, 3.05) is 6.54 Å². The summed E-state index contributed by atoms with van der Waals surface area (Å²) in [7, 11) is 0. The molecule has 2 aromatic rings. The number of halogens is 5. The van der Waals surface area contributed by atoms with E-state index < -0.39 is 12.1 Å². The molecule has 0 saturated heterocycles. The number of benzene rings is 1. The fraction of sp³-hybridized carbons (Fsp3) is 0.333. The number of aromatic nitrogens is 2. The van der Waals surface area contributed by atoms with Gasteiger partial charge >= 0.3 is 12.1 Å². The third-order valence-electron chi connectivity index (χ3n) is 3.20. The molecule has 1 amide bonds. The van der Waals surface area contributed by atoms with E-state index in [1.54, 1.807) is 23.7 Å². The summed E-state index contributed by atoms with van der Waals surface area (Å²) in [5.74, 6) is -2.31. The average molecular weight is 440 g/mol. The molecule has 1 aromatic heterocycles. The highest BCUT2D eigenvalue weighted by Gasteiger charge is 2.38. The third kappa shape index (κ3) is 5.21. The number of hydrogen-bond acceptors (Lipinski definition) is 3. The van der Waals surface area contributed by atoms with Crippen molar-refractivity contribution in [3.05, 3.63) is 41.5 Å². The first kappa shape index (κ1) is 19.8. The Morgan fingerprint density at radius 3 is 2.52 bits per heavy atom. The Balaban J connectivity index is 2.10. The van der Waals surface area contributed by atoms with Gasteiger partial charge in [-0.3, -0.25) is 9.48 Å². The van der Waals surface area contributed by atoms with Gasteiger partial charge in [-0.25, -0.2) is 4.39 Å². The maximum Gasteiger partial charge on any atom is 0.471 e. The zero-order chi connectivity index (χ0) is 18.6. The number of alkyl halides is 4. The largest absolute Gasteiger partial charge is 0.471 e. The number of hydrogen-bond donors (Lipinski definition) is 1. The van der Waals surface area contributed by atoms with Crippen molar-refractivity contribution in [3.63, 3.8) is 0 Å². The first-order valence-corrected chi connectivity index (χ1v) is 9.07. The fourth-order valence-electron chi connectivity index (χ4n) is 2.06. The molecule has 1 N–H and O–H groups in total. The van der Waals surface area contributed by atoms with Gasteiger partial charge in [-0.1, -0.05) is 27.7 Å². The minimum Gasteiger partial charge on any atom is -0.346 e. The maximum atomic E-state index is 13.0. The summed E-state index contributed by atoms with van der Waals surface area (Å²) < 4.78 is 51.1. The lowest BCUT2D eigenvalue weighted by molar-refractivity contribution is -0.173. The monoisotopic (exact) mass is 439 g/mol. The predicted octanol–water partition coefficient (Wildman–Crippen LogP) is 4.06. The van der Waals surface area contributed by atoms with Crippen LogP contribution in [-0.4, -0.2) is 28.4 Å². The Morgan fingerprint density at radius 2 is 1.96 bits per heavy atom. The molecule has 0 atom stereocenters. The number of carbonyl (C=O) groups excluding carboxylic acids is 1. The van der Waals surface area contributed by atoms with Gasteiger partial charge in [0.25, 0.3) is 0 Å². The second-order valence-corrected chi connectivity index (χ2v) is 6.67. The molecule has 0 aliphatic carbocycles. The fourth-order valence-corrected chi connectivity index (χ4v) is 3.80. The number of nitrogens with zero attached hydrogens (tertiary/aromatic N) is 2. The van der Waals surface area contributed by atoms with Crippen molar-refractivity contribution in [1.29, 1.82) is 0 Å². The molecule has 10 heteroatoms. The van der Waals surface area contributed by atoms with Crippen LogP contribution >= 0.6 is 27.7 Å². The SMILES string of the molecule is Cc1nn(CCNC(=O)C(F)(F)F)c(CBr)c1Sc1ccc(F)cc1. The number of rotatable bonds is 6. The Kier molecular flexibility index (Phi) is 6.50. The van der Waals surface area contributed by atoms with Gasteiger partial charge in [0.05, 0.1) is 22.8 Å². The van der Waals surface area contributed by atoms with E-state index in [1.165, 1.54) is 23.9 Å². The molecule has 0 bridgehead atoms. The number of amides is 1. The molecule has 1 aromatic carbocycles. The first-order valence-electron chi connectivity index (χ1n) is 7.13. The minimum atomic E-state index is -4.90. The smallest absolute Gasteiger partial charge is 0.346 e. The van der Waals surface area contributed by atoms with Gasteiger partial charge < -0.3 is 5.32 Å². The summed E-state index contributed by atoms with van der Waals surface area (Å²) in [4.78, 5) is 12.5. The number of carbonyl (C=O) groups is 1. The summed E-state index contributed by atoms with van der Waals surface area (Å²) >= 11 is 4.74. The molecule has 0 spiro atoms. The molecule has 2 rings (SSSR count). The molecule has 0 fully saturated rings. The molecule has 0 radical (unpaired) electrons. The Morgan fingerprint density at radius 1 is 1.32 bits per heavy atom. The molecule has 0 saturated carbocycles. The number of nitrogens with one attached hydrogen (secondary N) is 1. The van der Waals surface area contributed by atoms with Crippen molar-refractivity contribution in [1.82, 2.24) is 15.1 Å². The van der Waals surface area contributed by atoms with Crippen LogP contribution in [0.1, 0.15) is 11.4 Å². The van der Waals surface area contributed by atoms with Gasteiger partial charge in [-0.05, 0) is 31.2 Å². The molecule has 25 heavy (non-hydrogen) atoms. The Hall–Kier alpha value is -1.55. The van der Waals surface area contributed by atoms with Gasteiger partial charge in [-0.15, -0.1) is 0 Å². The summed E-state index contributed by atoms with van der Waals surface area (Å²) in [5, 5.41) is 6.57. The van der Waals surface area contributed by atoms with Crippen LogP contribution in [0.4, 0.5) is 17.6 Å². The second kappa shape index (κ2) is 8.22. The highest BCUT2D eigenvalue weighted by atomic mass is 79.9. The van der Waals surface area contributed by atoms with Crippen LogP contribution < -0.4 is 5.32 Å². The highest BCUT2D eigenvalue weighted by Crippen LogP contribution is 2.34. The van der Waals surface area contributed by atoms with Gasteiger partial charge in [0.2, 0.25) is 0 Å². The van der Waals surface area contributed by atoms with Crippen molar-refractivity contribution in [2.24, 2.45) is 0 Å². The van der Waals surface area contributed by atoms with Crippen molar-refractivity contribution in [2.45, 2.75) is 34.8 Å². The molecule has 1 heterocycles. The van der Waals surface area contributed by atoms with E-state index in [0.717, 1.165) is 15.5 Å². The average Bonchev–Trinajstić information content (AvgIpc) is 2.83. The topological polar surface area (TPSA) is 46.9 Å². The quantitative estimate of drug-likeness (QED) is 0.545. The van der Waals surface area contributed by atoms with Gasteiger partial charge in [0.1, 0.15) is 5.82 Å². The van der Waals surface area contributed by atoms with E-state index >= 15 is 0 Å². The second-order valence-electron chi connectivity index (χ2n) is 5.03. The molecule has 4 nitrogen and oxygen atoms in total. The van der Waals surface area contributed by atoms with Crippen molar-refractivity contribution < 1.29 is 22.4 Å². The lowest BCUT2D eigenvalue weighted by atomic mass is 10.3. The molecular weight excluding hydrogens is 426 g/mol. The van der Waals surface area contributed by atoms with Gasteiger partial charge in [0, 0.05) is 16.8 Å². The van der Waals surface area contributed by atoms with Crippen LogP contribution in [0.2, 0.25) is 0 Å². The normalized spacial score (nSPS) is 11.6. The van der Waals surface area contributed by atoms with Crippen LogP contribution in [0.15, 0.2) is 34.1 Å².